The van der Waals surface area contributed by atoms with Crippen molar-refractivity contribution in [2.75, 3.05) is 6.61 Å². The maximum atomic E-state index is 11.1. The third kappa shape index (κ3) is 2.84. The molecule has 1 N–H and O–H groups in total. The minimum atomic E-state index is -1.77. The first-order chi connectivity index (χ1) is 7.15. The predicted molar refractivity (Wildman–Crippen MR) is 64.8 cm³/mol. The molecule has 5 heteroatoms. The summed E-state index contributed by atoms with van der Waals surface area (Å²) < 4.78 is 5.98. The Labute approximate surface area is 98.7 Å². The number of carbonyl (C=O) groups is 1. The smallest absolute Gasteiger partial charge is 0.246 e. The lowest BCUT2D eigenvalue weighted by Gasteiger charge is -2.37. The van der Waals surface area contributed by atoms with Gasteiger partial charge in [-0.15, -0.1) is 0 Å². The maximum absolute atomic E-state index is 11.1. The van der Waals surface area contributed by atoms with Gasteiger partial charge in [0.1, 0.15) is 0 Å². The Bertz CT molecular complexity index is 273. The lowest BCUT2D eigenvalue weighted by molar-refractivity contribution is -0.167. The van der Waals surface area contributed by atoms with E-state index in [9.17, 15) is 10.0 Å². The van der Waals surface area contributed by atoms with Crippen molar-refractivity contribution in [2.45, 2.75) is 57.8 Å². The average molecular weight is 245 g/mol. The molecule has 1 heterocycles. The Balaban J connectivity index is 2.49. The number of hydroxylamine groups is 2. The van der Waals surface area contributed by atoms with E-state index in [2.05, 4.69) is 33.9 Å². The van der Waals surface area contributed by atoms with E-state index in [0.717, 1.165) is 5.06 Å². The van der Waals surface area contributed by atoms with Crippen molar-refractivity contribution >= 4 is 14.2 Å². The van der Waals surface area contributed by atoms with Gasteiger partial charge in [-0.1, -0.05) is 20.8 Å². The summed E-state index contributed by atoms with van der Waals surface area (Å²) in [7, 11) is -1.77. The van der Waals surface area contributed by atoms with Gasteiger partial charge in [0.25, 0.3) is 0 Å². The fraction of sp³-hybridized carbons (Fsp3) is 0.909. The van der Waals surface area contributed by atoms with Crippen LogP contribution in [0.25, 0.3) is 0 Å². The van der Waals surface area contributed by atoms with Gasteiger partial charge in [-0.25, -0.2) is 5.06 Å². The molecule has 1 aliphatic heterocycles. The molecule has 4 nitrogen and oxygen atoms in total. The van der Waals surface area contributed by atoms with E-state index in [1.54, 1.807) is 0 Å². The summed E-state index contributed by atoms with van der Waals surface area (Å²) >= 11 is 0. The molecule has 1 rings (SSSR count). The van der Waals surface area contributed by atoms with E-state index in [1.165, 1.54) is 0 Å². The third-order valence-electron chi connectivity index (χ3n) is 3.74. The summed E-state index contributed by atoms with van der Waals surface area (Å²) in [5, 5.41) is 10.5. The predicted octanol–water partition coefficient (Wildman–Crippen LogP) is 2.39. The molecule has 16 heavy (non-hydrogen) atoms. The van der Waals surface area contributed by atoms with Gasteiger partial charge in [-0.2, -0.15) is 0 Å². The molecule has 94 valence electrons. The highest BCUT2D eigenvalue weighted by atomic mass is 28.4. The van der Waals surface area contributed by atoms with Crippen LogP contribution in [-0.4, -0.2) is 37.1 Å². The largest absolute Gasteiger partial charge is 0.415 e. The number of rotatable bonds is 3. The monoisotopic (exact) mass is 245 g/mol. The molecule has 0 radical (unpaired) electrons. The third-order valence-corrected chi connectivity index (χ3v) is 8.24. The van der Waals surface area contributed by atoms with Crippen LogP contribution in [0.1, 0.15) is 33.6 Å². The molecule has 1 saturated heterocycles. The number of hydrogen-bond donors (Lipinski definition) is 1. The van der Waals surface area contributed by atoms with E-state index >= 15 is 0 Å². The van der Waals surface area contributed by atoms with Crippen LogP contribution in [-0.2, 0) is 9.22 Å². The topological polar surface area (TPSA) is 49.8 Å². The fourth-order valence-corrected chi connectivity index (χ4v) is 2.45. The lowest BCUT2D eigenvalue weighted by atomic mass is 10.2. The van der Waals surface area contributed by atoms with Gasteiger partial charge in [0.15, 0.2) is 8.32 Å². The summed E-state index contributed by atoms with van der Waals surface area (Å²) in [4.78, 5) is 11.1. The Hall–Kier alpha value is -0.393. The number of amides is 1. The van der Waals surface area contributed by atoms with Crippen LogP contribution in [0.5, 0.6) is 0 Å². The van der Waals surface area contributed by atoms with E-state index in [1.807, 2.05) is 0 Å². The SMILES string of the molecule is CC(C)(C)[Si](C)(C)OCC1CCC(=O)N1O. The highest BCUT2D eigenvalue weighted by Gasteiger charge is 2.39. The van der Waals surface area contributed by atoms with Crippen LogP contribution in [0.4, 0.5) is 0 Å². The second-order valence-corrected chi connectivity index (χ2v) is 10.8. The van der Waals surface area contributed by atoms with Crippen molar-refractivity contribution in [1.29, 1.82) is 0 Å². The highest BCUT2D eigenvalue weighted by molar-refractivity contribution is 6.74. The standard InChI is InChI=1S/C11H23NO3Si/c1-11(2,3)16(4,5)15-8-9-6-7-10(13)12(9)14/h9,14H,6-8H2,1-5H3. The van der Waals surface area contributed by atoms with Gasteiger partial charge in [-0.3, -0.25) is 10.0 Å². The second-order valence-electron chi connectivity index (χ2n) is 6.00. The van der Waals surface area contributed by atoms with Crippen LogP contribution in [0.15, 0.2) is 0 Å². The molecule has 0 spiro atoms. The van der Waals surface area contributed by atoms with Crippen molar-refractivity contribution in [1.82, 2.24) is 5.06 Å². The average Bonchev–Trinajstić information content (AvgIpc) is 2.43. The van der Waals surface area contributed by atoms with Crippen LogP contribution in [0.2, 0.25) is 18.1 Å². The van der Waals surface area contributed by atoms with Crippen molar-refractivity contribution < 1.29 is 14.4 Å². The highest BCUT2D eigenvalue weighted by Crippen LogP contribution is 2.37. The molecule has 0 aromatic carbocycles. The molecular formula is C11H23NO3Si. The van der Waals surface area contributed by atoms with Gasteiger partial charge in [-0.05, 0) is 24.6 Å². The molecule has 0 aliphatic carbocycles. The summed E-state index contributed by atoms with van der Waals surface area (Å²) in [6.07, 6.45) is 1.13. The van der Waals surface area contributed by atoms with Gasteiger partial charge >= 0.3 is 0 Å². The summed E-state index contributed by atoms with van der Waals surface area (Å²) in [5.74, 6) is -0.191. The van der Waals surface area contributed by atoms with E-state index < -0.39 is 8.32 Å². The van der Waals surface area contributed by atoms with Crippen molar-refractivity contribution in [3.05, 3.63) is 0 Å². The zero-order chi connectivity index (χ0) is 12.6. The van der Waals surface area contributed by atoms with Crippen molar-refractivity contribution in [2.24, 2.45) is 0 Å². The molecule has 1 amide bonds. The van der Waals surface area contributed by atoms with Crippen LogP contribution in [0, 0.1) is 0 Å². The molecule has 0 saturated carbocycles. The van der Waals surface area contributed by atoms with Gasteiger partial charge in [0.05, 0.1) is 12.6 Å². The summed E-state index contributed by atoms with van der Waals surface area (Å²) in [5.41, 5.74) is 0. The molecular weight excluding hydrogens is 222 g/mol. The Morgan fingerprint density at radius 3 is 2.44 bits per heavy atom. The number of hydrogen-bond acceptors (Lipinski definition) is 3. The Morgan fingerprint density at radius 2 is 2.06 bits per heavy atom. The quantitative estimate of drug-likeness (QED) is 0.613. The molecule has 0 bridgehead atoms. The maximum Gasteiger partial charge on any atom is 0.246 e. The Kier molecular flexibility index (Phi) is 3.82. The molecule has 1 unspecified atom stereocenters. The van der Waals surface area contributed by atoms with E-state index in [-0.39, 0.29) is 17.0 Å². The summed E-state index contributed by atoms with van der Waals surface area (Å²) in [6, 6.07) is -0.151. The molecule has 0 aromatic heterocycles. The molecule has 1 atom stereocenters. The van der Waals surface area contributed by atoms with Gasteiger partial charge in [0.2, 0.25) is 5.91 Å². The van der Waals surface area contributed by atoms with Gasteiger partial charge < -0.3 is 4.43 Å². The van der Waals surface area contributed by atoms with Crippen LogP contribution in [0.3, 0.4) is 0 Å². The number of nitrogens with zero attached hydrogens (tertiary/aromatic N) is 1. The first-order valence-corrected chi connectivity index (χ1v) is 8.71. The minimum absolute atomic E-state index is 0.151. The van der Waals surface area contributed by atoms with Crippen LogP contribution >= 0.6 is 0 Å². The Morgan fingerprint density at radius 1 is 1.50 bits per heavy atom. The van der Waals surface area contributed by atoms with Crippen molar-refractivity contribution in [3.8, 4) is 0 Å². The van der Waals surface area contributed by atoms with E-state index in [0.29, 0.717) is 19.4 Å². The normalized spacial score (nSPS) is 23.0. The van der Waals surface area contributed by atoms with E-state index in [4.69, 9.17) is 4.43 Å². The van der Waals surface area contributed by atoms with Crippen molar-refractivity contribution in [3.63, 3.8) is 0 Å². The fourth-order valence-electron chi connectivity index (χ4n) is 1.41. The summed E-state index contributed by atoms with van der Waals surface area (Å²) in [6.45, 7) is 11.3. The number of carbonyl (C=O) groups excluding carboxylic acids is 1. The second kappa shape index (κ2) is 4.47. The zero-order valence-corrected chi connectivity index (χ0v) is 11.9. The molecule has 1 fully saturated rings. The first kappa shape index (κ1) is 13.7. The minimum Gasteiger partial charge on any atom is -0.415 e. The van der Waals surface area contributed by atoms with Gasteiger partial charge in [0, 0.05) is 6.42 Å². The molecule has 0 aromatic rings. The zero-order valence-electron chi connectivity index (χ0n) is 10.9. The lowest BCUT2D eigenvalue weighted by Crippen LogP contribution is -2.44. The van der Waals surface area contributed by atoms with Crippen LogP contribution < -0.4 is 0 Å². The first-order valence-electron chi connectivity index (χ1n) is 5.80. The molecule has 1 aliphatic rings.